The van der Waals surface area contributed by atoms with E-state index >= 15 is 0 Å². The van der Waals surface area contributed by atoms with Crippen LogP contribution in [0.2, 0.25) is 0 Å². The maximum absolute atomic E-state index is 13.2. The summed E-state index contributed by atoms with van der Waals surface area (Å²) in [6.07, 6.45) is 0. The molecular formula is C42H43N7O12. The quantitative estimate of drug-likeness (QED) is 0.0667. The van der Waals surface area contributed by atoms with Crippen LogP contribution in [0, 0.1) is 0 Å². The normalized spacial score (nSPS) is 13.5. The lowest BCUT2D eigenvalue weighted by molar-refractivity contribution is -0.141. The molecule has 0 unspecified atom stereocenters. The molecule has 0 aliphatic carbocycles. The van der Waals surface area contributed by atoms with Crippen LogP contribution in [-0.4, -0.2) is 178 Å². The first-order valence-electron chi connectivity index (χ1n) is 19.3. The Morgan fingerprint density at radius 1 is 0.443 bits per heavy atom. The van der Waals surface area contributed by atoms with E-state index in [-0.39, 0.29) is 52.4 Å². The Morgan fingerprint density at radius 3 is 1.05 bits per heavy atom. The number of carbonyl (C=O) groups excluding carboxylic acids is 6. The Balaban J connectivity index is 0.983. The van der Waals surface area contributed by atoms with Gasteiger partial charge in [-0.15, -0.1) is 0 Å². The first kappa shape index (κ1) is 43.5. The van der Waals surface area contributed by atoms with Gasteiger partial charge in [0.2, 0.25) is 11.8 Å². The molecule has 5 N–H and O–H groups in total. The largest absolute Gasteiger partial charge is 0.480 e. The van der Waals surface area contributed by atoms with Crippen molar-refractivity contribution >= 4 is 74.9 Å². The summed E-state index contributed by atoms with van der Waals surface area (Å²) in [7, 11) is 0. The number of amides is 6. The highest BCUT2D eigenvalue weighted by atomic mass is 16.4. The fourth-order valence-corrected chi connectivity index (χ4v) is 7.54. The Labute approximate surface area is 348 Å². The number of carboxylic acid groups (broad SMARTS) is 3. The van der Waals surface area contributed by atoms with Crippen LogP contribution in [0.15, 0.2) is 72.8 Å². The molecule has 19 heteroatoms. The van der Waals surface area contributed by atoms with Crippen molar-refractivity contribution in [1.82, 2.24) is 35.1 Å². The molecule has 0 saturated carbocycles. The van der Waals surface area contributed by atoms with Gasteiger partial charge in [-0.2, -0.15) is 0 Å². The third-order valence-corrected chi connectivity index (χ3v) is 10.3. The fraction of sp³-hybridized carbons (Fsp3) is 0.310. The van der Waals surface area contributed by atoms with Gasteiger partial charge in [0.25, 0.3) is 23.6 Å². The molecule has 61 heavy (non-hydrogen) atoms. The average Bonchev–Trinajstić information content (AvgIpc) is 3.21. The molecule has 2 aliphatic rings. The van der Waals surface area contributed by atoms with Crippen molar-refractivity contribution in [2.45, 2.75) is 0 Å². The molecule has 0 fully saturated rings. The number of benzene rings is 4. The summed E-state index contributed by atoms with van der Waals surface area (Å²) in [5.41, 5.74) is 1.44. The summed E-state index contributed by atoms with van der Waals surface area (Å²) in [5.74, 6) is -7.01. The maximum Gasteiger partial charge on any atom is 0.317 e. The molecule has 0 saturated heterocycles. The first-order valence-corrected chi connectivity index (χ1v) is 19.3. The van der Waals surface area contributed by atoms with Gasteiger partial charge in [0, 0.05) is 85.4 Å². The molecule has 0 spiro atoms. The summed E-state index contributed by atoms with van der Waals surface area (Å²) in [4.78, 5) is 120. The minimum absolute atomic E-state index is 0.0591. The second kappa shape index (κ2) is 19.3. The number of carboxylic acids is 3. The van der Waals surface area contributed by atoms with E-state index in [0.29, 0.717) is 33.0 Å². The van der Waals surface area contributed by atoms with Crippen molar-refractivity contribution < 1.29 is 58.5 Å². The first-order chi connectivity index (χ1) is 29.2. The van der Waals surface area contributed by atoms with Gasteiger partial charge in [0.1, 0.15) is 0 Å². The third-order valence-electron chi connectivity index (χ3n) is 10.3. The lowest BCUT2D eigenvalue weighted by Crippen LogP contribution is -2.49. The number of aliphatic carboxylic acids is 3. The van der Waals surface area contributed by atoms with Gasteiger partial charge in [-0.3, -0.25) is 67.7 Å². The highest BCUT2D eigenvalue weighted by Crippen LogP contribution is 2.31. The van der Waals surface area contributed by atoms with Gasteiger partial charge >= 0.3 is 17.9 Å². The van der Waals surface area contributed by atoms with Crippen LogP contribution >= 0.6 is 0 Å². The second-order valence-electron chi connectivity index (χ2n) is 14.5. The number of nitrogens with one attached hydrogen (secondary N) is 2. The van der Waals surface area contributed by atoms with Crippen LogP contribution in [0.5, 0.6) is 0 Å². The van der Waals surface area contributed by atoms with Crippen molar-refractivity contribution in [3.63, 3.8) is 0 Å². The fourth-order valence-electron chi connectivity index (χ4n) is 7.54. The molecule has 0 aromatic heterocycles. The molecule has 318 valence electrons. The number of carbonyl (C=O) groups is 9. The van der Waals surface area contributed by atoms with E-state index in [2.05, 4.69) is 10.6 Å². The zero-order chi connectivity index (χ0) is 43.8. The summed E-state index contributed by atoms with van der Waals surface area (Å²) >= 11 is 0. The molecule has 0 bridgehead atoms. The number of nitrogens with zero attached hydrogens (tertiary/aromatic N) is 5. The Hall–Kier alpha value is -7.09. The molecule has 0 atom stereocenters. The molecule has 6 rings (SSSR count). The molecule has 4 aromatic rings. The van der Waals surface area contributed by atoms with E-state index < -0.39 is 86.1 Å². The minimum Gasteiger partial charge on any atom is -0.480 e. The van der Waals surface area contributed by atoms with Crippen LogP contribution in [0.4, 0.5) is 0 Å². The van der Waals surface area contributed by atoms with E-state index in [4.69, 9.17) is 0 Å². The Kier molecular flexibility index (Phi) is 13.8. The van der Waals surface area contributed by atoms with Crippen molar-refractivity contribution in [1.29, 1.82) is 0 Å². The van der Waals surface area contributed by atoms with Gasteiger partial charge in [0.05, 0.1) is 32.7 Å². The Morgan fingerprint density at radius 2 is 0.738 bits per heavy atom. The predicted molar refractivity (Wildman–Crippen MR) is 217 cm³/mol. The predicted octanol–water partition coefficient (Wildman–Crippen LogP) is 0.277. The van der Waals surface area contributed by atoms with Gasteiger partial charge in [-0.1, -0.05) is 48.5 Å². The van der Waals surface area contributed by atoms with Gasteiger partial charge in [-0.25, -0.2) is 0 Å². The van der Waals surface area contributed by atoms with Gasteiger partial charge in [0.15, 0.2) is 0 Å². The van der Waals surface area contributed by atoms with Crippen molar-refractivity contribution in [2.24, 2.45) is 0 Å². The monoisotopic (exact) mass is 837 g/mol. The van der Waals surface area contributed by atoms with Crippen molar-refractivity contribution in [3.8, 4) is 0 Å². The van der Waals surface area contributed by atoms with Crippen molar-refractivity contribution in [3.05, 3.63) is 95.1 Å². The highest BCUT2D eigenvalue weighted by molar-refractivity contribution is 6.26. The molecule has 19 nitrogen and oxygen atoms in total. The summed E-state index contributed by atoms with van der Waals surface area (Å²) in [6, 6.07) is 20.5. The lowest BCUT2D eigenvalue weighted by atomic mass is 9.94. The minimum atomic E-state index is -1.26. The van der Waals surface area contributed by atoms with Crippen LogP contribution in [0.3, 0.4) is 0 Å². The summed E-state index contributed by atoms with van der Waals surface area (Å²) < 4.78 is 0. The zero-order valence-electron chi connectivity index (χ0n) is 32.9. The van der Waals surface area contributed by atoms with Crippen LogP contribution in [-0.2, 0) is 24.0 Å². The number of rotatable bonds is 22. The Bertz CT molecular complexity index is 2180. The highest BCUT2D eigenvalue weighted by Gasteiger charge is 2.34. The molecule has 2 aliphatic heterocycles. The molecule has 6 amide bonds. The van der Waals surface area contributed by atoms with E-state index in [9.17, 15) is 58.5 Å². The van der Waals surface area contributed by atoms with Gasteiger partial charge in [-0.05, 0) is 35.0 Å². The van der Waals surface area contributed by atoms with Crippen LogP contribution in [0.1, 0.15) is 41.4 Å². The number of hydrogen-bond acceptors (Lipinski definition) is 12. The SMILES string of the molecule is O=C(O)CN(CCN(CC(=O)O)CC(=O)NCCN1C(=O)c2cccc3cccc(c23)C1=O)CCN(CC(=O)O)CC(=O)NCCN1C(=O)c2cccc3cccc(c23)C1=O. The molecule has 4 aromatic carbocycles. The van der Waals surface area contributed by atoms with E-state index in [1.807, 2.05) is 0 Å². The zero-order valence-corrected chi connectivity index (χ0v) is 32.9. The van der Waals surface area contributed by atoms with Crippen molar-refractivity contribution in [2.75, 3.05) is 85.1 Å². The third kappa shape index (κ3) is 10.4. The molecule has 2 heterocycles. The average molecular weight is 838 g/mol. The lowest BCUT2D eigenvalue weighted by Gasteiger charge is -2.28. The maximum atomic E-state index is 13.2. The summed E-state index contributed by atoms with van der Waals surface area (Å²) in [6.45, 7) is -3.36. The standard InChI is InChI=1S/C42H43N7O12/c50-32(43-13-15-48-39(58)28-9-1-5-26-6-2-10-29(37(26)28)40(48)59)21-46(24-35(54)55)19-17-45(23-34(52)53)18-20-47(25-36(56)57)22-33(51)44-14-16-49-41(60)30-11-3-7-27-8-4-12-31(38(27)30)42(49)61/h1-12H,13-25H2,(H,43,50)(H,44,51)(H,52,53)(H,54,55)(H,56,57). The van der Waals surface area contributed by atoms with Crippen LogP contribution in [0.25, 0.3) is 21.5 Å². The molecular weight excluding hydrogens is 794 g/mol. The smallest absolute Gasteiger partial charge is 0.317 e. The molecule has 0 radical (unpaired) electrons. The van der Waals surface area contributed by atoms with E-state index in [1.54, 1.807) is 72.8 Å². The van der Waals surface area contributed by atoms with Crippen LogP contribution < -0.4 is 10.6 Å². The number of imide groups is 2. The topological polar surface area (TPSA) is 255 Å². The van der Waals surface area contributed by atoms with Gasteiger partial charge < -0.3 is 26.0 Å². The van der Waals surface area contributed by atoms with E-state index in [0.717, 1.165) is 20.6 Å². The second-order valence-corrected chi connectivity index (χ2v) is 14.5. The van der Waals surface area contributed by atoms with E-state index in [1.165, 1.54) is 14.7 Å². The summed E-state index contributed by atoms with van der Waals surface area (Å²) in [5, 5.41) is 36.5. The number of hydrogen-bond donors (Lipinski definition) is 5.